The molecule has 128 valence electrons. The summed E-state index contributed by atoms with van der Waals surface area (Å²) < 4.78 is 27.9. The molecule has 3 nitrogen and oxygen atoms in total. The van der Waals surface area contributed by atoms with Crippen LogP contribution in [0.4, 0.5) is 8.78 Å². The summed E-state index contributed by atoms with van der Waals surface area (Å²) in [5, 5.41) is 24.4. The van der Waals surface area contributed by atoms with Crippen LogP contribution in [0.3, 0.4) is 0 Å². The second-order valence-corrected chi connectivity index (χ2v) is 7.72. The van der Waals surface area contributed by atoms with Gasteiger partial charge < -0.3 is 10.5 Å². The molecule has 3 fully saturated rings. The monoisotopic (exact) mass is 333 g/mol. The summed E-state index contributed by atoms with van der Waals surface area (Å²) >= 11 is 0. The van der Waals surface area contributed by atoms with E-state index in [0.717, 1.165) is 37.0 Å². The highest BCUT2D eigenvalue weighted by Gasteiger charge is 2.58. The van der Waals surface area contributed by atoms with Crippen molar-refractivity contribution in [3.63, 3.8) is 0 Å². The van der Waals surface area contributed by atoms with Gasteiger partial charge in [0.1, 0.15) is 11.6 Å². The van der Waals surface area contributed by atoms with Crippen LogP contribution in [0.15, 0.2) is 29.8 Å². The molecule has 5 heteroatoms. The summed E-state index contributed by atoms with van der Waals surface area (Å²) in [7, 11) is 0. The molecule has 0 aliphatic heterocycles. The van der Waals surface area contributed by atoms with Gasteiger partial charge in [-0.1, -0.05) is 19.9 Å². The maximum Gasteiger partial charge on any atom is 0.184 e. The highest BCUT2D eigenvalue weighted by Crippen LogP contribution is 2.58. The lowest BCUT2D eigenvalue weighted by Crippen LogP contribution is -2.63. The highest BCUT2D eigenvalue weighted by molar-refractivity contribution is 6.13. The first-order valence-electron chi connectivity index (χ1n) is 8.20. The lowest BCUT2D eigenvalue weighted by molar-refractivity contribution is -0.142. The first-order chi connectivity index (χ1) is 11.2. The van der Waals surface area contributed by atoms with E-state index >= 15 is 0 Å². The zero-order chi connectivity index (χ0) is 17.7. The Morgan fingerprint density at radius 1 is 1.38 bits per heavy atom. The van der Waals surface area contributed by atoms with E-state index in [-0.39, 0.29) is 29.2 Å². The molecular formula is C19H23F2N2O+. The van der Waals surface area contributed by atoms with Crippen LogP contribution in [0.2, 0.25) is 0 Å². The Morgan fingerprint density at radius 3 is 2.54 bits per heavy atom. The third-order valence-electron chi connectivity index (χ3n) is 5.74. The van der Waals surface area contributed by atoms with Crippen molar-refractivity contribution in [2.75, 3.05) is 6.61 Å². The Bertz CT molecular complexity index is 733. The lowest BCUT2D eigenvalue weighted by Gasteiger charge is -2.53. The summed E-state index contributed by atoms with van der Waals surface area (Å²) in [6, 6.07) is 3.57. The van der Waals surface area contributed by atoms with Crippen molar-refractivity contribution >= 4 is 11.4 Å². The van der Waals surface area contributed by atoms with Gasteiger partial charge in [-0.05, 0) is 48.8 Å². The first kappa shape index (κ1) is 17.0. The largest absolute Gasteiger partial charge is 0.395 e. The average Bonchev–Trinajstić information content (AvgIpc) is 2.50. The SMILES string of the molecule is CC1(C)C[C@]2(CO)CC[C@H]1/C(=C/C(=N)c1c(F)cccc1F)C2=[NH2+]. The normalized spacial score (nSPS) is 30.0. The van der Waals surface area contributed by atoms with Gasteiger partial charge in [0.05, 0.1) is 23.3 Å². The quantitative estimate of drug-likeness (QED) is 0.730. The van der Waals surface area contributed by atoms with E-state index in [1.165, 1.54) is 12.1 Å². The minimum Gasteiger partial charge on any atom is -0.395 e. The van der Waals surface area contributed by atoms with Crippen molar-refractivity contribution in [2.24, 2.45) is 16.7 Å². The zero-order valence-electron chi connectivity index (χ0n) is 14.0. The molecule has 0 heterocycles. The van der Waals surface area contributed by atoms with E-state index < -0.39 is 17.0 Å². The molecular weight excluding hydrogens is 310 g/mol. The standard InChI is InChI=1S/C19H22F2N2O/c1-18(2)9-19(10-24)7-6-12(18)11(17(19)23)8-15(22)16-13(20)4-3-5-14(16)21/h3-5,8,12,22-24H,6-7,9-10H2,1-2H3/p+1/b11-8-,22-15?,23-17?/t12-,19-/m0/s1. The van der Waals surface area contributed by atoms with Crippen LogP contribution < -0.4 is 5.41 Å². The molecule has 3 saturated carbocycles. The van der Waals surface area contributed by atoms with Crippen LogP contribution in [0.25, 0.3) is 0 Å². The third-order valence-corrected chi connectivity index (χ3v) is 5.74. The van der Waals surface area contributed by atoms with Crippen molar-refractivity contribution in [3.05, 3.63) is 47.0 Å². The van der Waals surface area contributed by atoms with Crippen LogP contribution in [-0.4, -0.2) is 23.1 Å². The number of halogens is 2. The fourth-order valence-corrected chi connectivity index (χ4v) is 4.58. The number of aliphatic hydroxyl groups excluding tert-OH is 1. The summed E-state index contributed by atoms with van der Waals surface area (Å²) in [5.41, 5.74) is 0.193. The van der Waals surface area contributed by atoms with E-state index in [2.05, 4.69) is 13.8 Å². The summed E-state index contributed by atoms with van der Waals surface area (Å²) in [6.45, 7) is 4.19. The summed E-state index contributed by atoms with van der Waals surface area (Å²) in [6.07, 6.45) is 3.94. The van der Waals surface area contributed by atoms with Crippen molar-refractivity contribution in [1.82, 2.24) is 0 Å². The smallest absolute Gasteiger partial charge is 0.184 e. The molecule has 24 heavy (non-hydrogen) atoms. The summed E-state index contributed by atoms with van der Waals surface area (Å²) in [4.78, 5) is 0. The number of benzene rings is 1. The molecule has 1 aromatic carbocycles. The van der Waals surface area contributed by atoms with Gasteiger partial charge in [-0.3, -0.25) is 5.41 Å². The Balaban J connectivity index is 2.06. The van der Waals surface area contributed by atoms with E-state index in [0.29, 0.717) is 5.71 Å². The first-order valence-corrected chi connectivity index (χ1v) is 8.20. The van der Waals surface area contributed by atoms with Crippen LogP contribution in [-0.2, 0) is 0 Å². The van der Waals surface area contributed by atoms with Crippen LogP contribution in [0.5, 0.6) is 0 Å². The van der Waals surface area contributed by atoms with Crippen LogP contribution in [0.1, 0.15) is 38.7 Å². The average molecular weight is 333 g/mol. The lowest BCUT2D eigenvalue weighted by atomic mass is 9.48. The van der Waals surface area contributed by atoms with Gasteiger partial charge in [-0.15, -0.1) is 0 Å². The maximum absolute atomic E-state index is 13.9. The highest BCUT2D eigenvalue weighted by atomic mass is 19.1. The van der Waals surface area contributed by atoms with Crippen LogP contribution in [0, 0.1) is 33.8 Å². The van der Waals surface area contributed by atoms with Gasteiger partial charge >= 0.3 is 0 Å². The van der Waals surface area contributed by atoms with Crippen molar-refractivity contribution in [2.45, 2.75) is 33.1 Å². The van der Waals surface area contributed by atoms with Gasteiger partial charge in [0.2, 0.25) is 0 Å². The van der Waals surface area contributed by atoms with Gasteiger partial charge in [-0.2, -0.15) is 0 Å². The minimum absolute atomic E-state index is 0.0479. The molecule has 4 N–H and O–H groups in total. The summed E-state index contributed by atoms with van der Waals surface area (Å²) in [5.74, 6) is -1.39. The van der Waals surface area contributed by atoms with Gasteiger partial charge in [0, 0.05) is 5.57 Å². The number of hydrogen-bond donors (Lipinski definition) is 3. The predicted octanol–water partition coefficient (Wildman–Crippen LogP) is 2.28. The Hall–Kier alpha value is -1.88. The van der Waals surface area contributed by atoms with Crippen molar-refractivity contribution in [3.8, 4) is 0 Å². The molecule has 1 aromatic rings. The van der Waals surface area contributed by atoms with Crippen molar-refractivity contribution in [1.29, 1.82) is 5.41 Å². The fourth-order valence-electron chi connectivity index (χ4n) is 4.58. The molecule has 0 amide bonds. The van der Waals surface area contributed by atoms with Gasteiger partial charge in [0.25, 0.3) is 0 Å². The predicted molar refractivity (Wildman–Crippen MR) is 88.8 cm³/mol. The van der Waals surface area contributed by atoms with E-state index in [1.807, 2.05) is 0 Å². The Kier molecular flexibility index (Phi) is 3.95. The maximum atomic E-state index is 13.9. The number of nitrogens with one attached hydrogen (secondary N) is 1. The second kappa shape index (κ2) is 5.59. The Labute approximate surface area is 140 Å². The van der Waals surface area contributed by atoms with Gasteiger partial charge in [-0.25, -0.2) is 8.78 Å². The molecule has 4 rings (SSSR count). The van der Waals surface area contributed by atoms with Crippen LogP contribution >= 0.6 is 0 Å². The number of fused-ring (bicyclic) bond motifs is 3. The number of nitrogens with two attached hydrogens (primary N) is 1. The third kappa shape index (κ3) is 2.42. The van der Waals surface area contributed by atoms with E-state index in [4.69, 9.17) is 10.8 Å². The Morgan fingerprint density at radius 2 is 2.00 bits per heavy atom. The molecule has 0 radical (unpaired) electrons. The number of rotatable bonds is 3. The van der Waals surface area contributed by atoms with E-state index in [9.17, 15) is 13.9 Å². The number of aliphatic hydroxyl groups is 1. The molecule has 0 saturated heterocycles. The second-order valence-electron chi connectivity index (χ2n) is 7.72. The number of hydrogen-bond acceptors (Lipinski definition) is 2. The molecule has 2 bridgehead atoms. The minimum atomic E-state index is -0.757. The van der Waals surface area contributed by atoms with E-state index in [1.54, 1.807) is 0 Å². The molecule has 0 aromatic heterocycles. The number of allylic oxidation sites excluding steroid dienone is 2. The van der Waals surface area contributed by atoms with Gasteiger partial charge in [0.15, 0.2) is 5.71 Å². The molecule has 0 spiro atoms. The van der Waals surface area contributed by atoms with Crippen molar-refractivity contribution < 1.29 is 19.3 Å². The zero-order valence-corrected chi connectivity index (χ0v) is 14.0. The molecule has 0 unspecified atom stereocenters. The molecule has 2 atom stereocenters. The fraction of sp³-hybridized carbons (Fsp3) is 0.474. The topological polar surface area (TPSA) is 69.7 Å². The molecule has 3 aliphatic rings. The molecule has 3 aliphatic carbocycles.